The molecule has 0 aliphatic carbocycles. The number of halogens is 3. The molecule has 0 fully saturated rings. The van der Waals surface area contributed by atoms with E-state index in [1.165, 1.54) is 0 Å². The molecule has 0 atom stereocenters. The number of rotatable bonds is 0. The van der Waals surface area contributed by atoms with Crippen LogP contribution in [0.1, 0.15) is 6.92 Å². The molecule has 1 N–H and O–H groups in total. The normalized spacial score (nSPS) is 9.62. The van der Waals surface area contributed by atoms with Crippen molar-refractivity contribution in [3.63, 3.8) is 0 Å². The van der Waals surface area contributed by atoms with E-state index in [9.17, 15) is 0 Å². The van der Waals surface area contributed by atoms with Crippen molar-refractivity contribution in [1.82, 2.24) is 0 Å². The van der Waals surface area contributed by atoms with Gasteiger partial charge >= 0.3 is 69.5 Å². The predicted octanol–water partition coefficient (Wildman–Crippen LogP) is 2.92. The molecule has 6 heteroatoms. The van der Waals surface area contributed by atoms with Gasteiger partial charge in [-0.05, 0) is 6.92 Å². The van der Waals surface area contributed by atoms with Crippen LogP contribution in [0.4, 0.5) is 0 Å². The Morgan fingerprint density at radius 1 is 1.50 bits per heavy atom. The van der Waals surface area contributed by atoms with E-state index in [-0.39, 0.29) is 6.61 Å². The molecule has 0 rings (SSSR count). The number of hydrogen-bond donors (Lipinski definition) is 1. The summed E-state index contributed by atoms with van der Waals surface area (Å²) in [6.45, 7) is 1.93. The molecular formula is C2H6I3OSSb. The molecule has 0 aliphatic rings. The van der Waals surface area contributed by atoms with Crippen LogP contribution in [0.25, 0.3) is 0 Å². The maximum atomic E-state index is 7.57. The Labute approximate surface area is 85.7 Å². The van der Waals surface area contributed by atoms with Crippen LogP contribution in [-0.4, -0.2) is 16.5 Å². The maximum absolute atomic E-state index is 7.57. The van der Waals surface area contributed by atoms with Crippen molar-refractivity contribution >= 4 is 69.5 Å². The van der Waals surface area contributed by atoms with Gasteiger partial charge in [-0.15, -0.1) is 0 Å². The molecule has 1 nitrogen and oxygen atoms in total. The zero-order chi connectivity index (χ0) is 7.21. The first kappa shape index (κ1) is 13.8. The number of hydrogen-bond acceptors (Lipinski definition) is 2. The second-order valence-corrected chi connectivity index (χ2v) is 86.1. The summed E-state index contributed by atoms with van der Waals surface area (Å²) in [5.41, 5.74) is 0. The fraction of sp³-hybridized carbons (Fsp3) is 1.00. The van der Waals surface area contributed by atoms with Gasteiger partial charge in [0.2, 0.25) is 0 Å². The quantitative estimate of drug-likeness (QED) is 0.352. The third-order valence-corrected chi connectivity index (χ3v) is 0. The molecule has 52 valence electrons. The minimum absolute atomic E-state index is 0.250. The van der Waals surface area contributed by atoms with Crippen molar-refractivity contribution in [3.8, 4) is 0 Å². The van der Waals surface area contributed by atoms with Gasteiger partial charge in [0.25, 0.3) is 0 Å². The molecule has 0 aromatic heterocycles. The summed E-state index contributed by atoms with van der Waals surface area (Å²) in [5.74, 6) is 0. The molecule has 0 amide bonds. The van der Waals surface area contributed by atoms with Crippen molar-refractivity contribution in [2.24, 2.45) is 0 Å². The standard InChI is InChI=1S/C2H6O.3HI.S.Sb/c1-2-3;;;;;/h3H,2H2,1H3;3*1H;;/q;;;;;+3/p-3. The van der Waals surface area contributed by atoms with E-state index >= 15 is 0 Å². The van der Waals surface area contributed by atoms with E-state index in [0.717, 1.165) is 0 Å². The van der Waals surface area contributed by atoms with E-state index in [2.05, 4.69) is 55.5 Å². The zero-order valence-electron chi connectivity index (χ0n) is 4.14. The second-order valence-electron chi connectivity index (χ2n) is 0.715. The fourth-order valence-corrected chi connectivity index (χ4v) is 0. The number of aliphatic hydroxyl groups excluding tert-OH is 1. The van der Waals surface area contributed by atoms with Crippen molar-refractivity contribution in [1.29, 1.82) is 0 Å². The first-order valence-electron chi connectivity index (χ1n) is 1.71. The van der Waals surface area contributed by atoms with Gasteiger partial charge in [0.15, 0.2) is 0 Å². The van der Waals surface area contributed by atoms with Crippen molar-refractivity contribution < 1.29 is 5.11 Å². The van der Waals surface area contributed by atoms with Crippen LogP contribution in [0.5, 0.6) is 0 Å². The molecule has 0 aromatic rings. The minimum atomic E-state index is -1.61. The van der Waals surface area contributed by atoms with Crippen molar-refractivity contribution in [2.75, 3.05) is 6.61 Å². The summed E-state index contributed by atoms with van der Waals surface area (Å²) < 4.78 is 0. The van der Waals surface area contributed by atoms with Gasteiger partial charge < -0.3 is 5.11 Å². The van der Waals surface area contributed by atoms with E-state index < -0.39 is 4.78 Å². The zero-order valence-corrected chi connectivity index (χ0v) is 14.0. The molecular weight excluding hydrogens is 575 g/mol. The molecule has 0 heterocycles. The summed E-state index contributed by atoms with van der Waals surface area (Å²) in [6, 6.07) is 0. The first-order valence-corrected chi connectivity index (χ1v) is 27.5. The Morgan fingerprint density at radius 2 is 1.50 bits per heavy atom. The summed E-state index contributed by atoms with van der Waals surface area (Å²) in [5, 5.41) is 7.57. The predicted molar refractivity (Wildman–Crippen MR) is 68.2 cm³/mol. The van der Waals surface area contributed by atoms with Gasteiger partial charge in [0.1, 0.15) is 0 Å². The van der Waals surface area contributed by atoms with E-state index in [1.807, 2.05) is 0 Å². The summed E-state index contributed by atoms with van der Waals surface area (Å²) in [6.07, 6.45) is 0. The SMILES string of the molecule is CCO.[S]=[Sb]([I])([I])[I]. The van der Waals surface area contributed by atoms with Gasteiger partial charge in [-0.25, -0.2) is 0 Å². The van der Waals surface area contributed by atoms with Crippen molar-refractivity contribution in [2.45, 2.75) is 6.92 Å². The molecule has 8 heavy (non-hydrogen) atoms. The van der Waals surface area contributed by atoms with Crippen LogP contribution in [0, 0.1) is 0 Å². The average molecular weight is 581 g/mol. The van der Waals surface area contributed by atoms with Gasteiger partial charge in [0, 0.05) is 6.61 Å². The molecule has 0 spiro atoms. The van der Waals surface area contributed by atoms with E-state index in [0.29, 0.717) is 0 Å². The fourth-order valence-electron chi connectivity index (χ4n) is 0. The summed E-state index contributed by atoms with van der Waals surface area (Å²) in [4.78, 5) is -1.61. The van der Waals surface area contributed by atoms with Gasteiger partial charge in [-0.1, -0.05) is 0 Å². The molecule has 0 unspecified atom stereocenters. The third kappa shape index (κ3) is 60.6. The monoisotopic (exact) mass is 580 g/mol. The first-order chi connectivity index (χ1) is 3.41. The molecule has 0 radical (unpaired) electrons. The van der Waals surface area contributed by atoms with Crippen LogP contribution in [0.2, 0.25) is 0 Å². The Kier molecular flexibility index (Phi) is 14.2. The molecule has 0 aromatic carbocycles. The summed E-state index contributed by atoms with van der Waals surface area (Å²) >= 11 is 7.10. The van der Waals surface area contributed by atoms with E-state index in [4.69, 9.17) is 14.3 Å². The van der Waals surface area contributed by atoms with Crippen LogP contribution in [0.15, 0.2) is 0 Å². The second kappa shape index (κ2) is 8.29. The Bertz CT molecular complexity index is 73.1. The molecule has 0 saturated heterocycles. The molecule has 0 bridgehead atoms. The van der Waals surface area contributed by atoms with Crippen LogP contribution in [-0.2, 0) is 0 Å². The van der Waals surface area contributed by atoms with Crippen LogP contribution in [0.3, 0.4) is 0 Å². The van der Waals surface area contributed by atoms with Crippen LogP contribution >= 0.6 is 64.7 Å². The number of aliphatic hydroxyl groups is 1. The van der Waals surface area contributed by atoms with Gasteiger partial charge in [0.05, 0.1) is 0 Å². The van der Waals surface area contributed by atoms with Gasteiger partial charge in [-0.2, -0.15) is 0 Å². The Hall–Kier alpha value is 3.19. The Balaban J connectivity index is 0. The van der Waals surface area contributed by atoms with E-state index in [1.54, 1.807) is 6.92 Å². The van der Waals surface area contributed by atoms with Crippen LogP contribution < -0.4 is 0 Å². The molecule has 0 aliphatic heterocycles. The Morgan fingerprint density at radius 3 is 1.50 bits per heavy atom. The third-order valence-electron chi connectivity index (χ3n) is 0. The van der Waals surface area contributed by atoms with Crippen molar-refractivity contribution in [3.05, 3.63) is 0 Å². The van der Waals surface area contributed by atoms with Gasteiger partial charge in [-0.3, -0.25) is 0 Å². The topological polar surface area (TPSA) is 20.2 Å². The summed E-state index contributed by atoms with van der Waals surface area (Å²) in [7, 11) is 4.99. The molecule has 0 saturated carbocycles. The average Bonchev–Trinajstić information content (AvgIpc) is 1.27.